The average Bonchev–Trinajstić information content (AvgIpc) is 2.64. The van der Waals surface area contributed by atoms with E-state index in [9.17, 15) is 0 Å². The predicted octanol–water partition coefficient (Wildman–Crippen LogP) is 3.00. The van der Waals surface area contributed by atoms with E-state index in [1.807, 2.05) is 6.07 Å². The van der Waals surface area contributed by atoms with Gasteiger partial charge in [-0.05, 0) is 37.5 Å². The van der Waals surface area contributed by atoms with Crippen LogP contribution in [0.25, 0.3) is 0 Å². The number of thiophene rings is 1. The Hall–Kier alpha value is -0.0900. The van der Waals surface area contributed by atoms with Gasteiger partial charge in [-0.25, -0.2) is 0 Å². The zero-order chi connectivity index (χ0) is 11.3. The molecule has 0 amide bonds. The van der Waals surface area contributed by atoms with Crippen LogP contribution in [0.3, 0.4) is 0 Å². The molecule has 1 heterocycles. The topological polar surface area (TPSA) is 15.3 Å². The fourth-order valence-corrected chi connectivity index (χ4v) is 2.28. The van der Waals surface area contributed by atoms with Crippen LogP contribution in [0, 0.1) is 0 Å². The van der Waals surface area contributed by atoms with Crippen molar-refractivity contribution in [2.75, 3.05) is 26.7 Å². The van der Waals surface area contributed by atoms with Crippen LogP contribution >= 0.6 is 22.9 Å². The molecule has 1 N–H and O–H groups in total. The number of hydrogen-bond acceptors (Lipinski definition) is 3. The highest BCUT2D eigenvalue weighted by Gasteiger charge is 2.06. The maximum absolute atomic E-state index is 5.89. The van der Waals surface area contributed by atoms with Crippen LogP contribution in [0.2, 0.25) is 4.34 Å². The van der Waals surface area contributed by atoms with Gasteiger partial charge in [0.25, 0.3) is 0 Å². The third-order valence-corrected chi connectivity index (χ3v) is 3.68. The molecular formula is C11H19ClN2S. The van der Waals surface area contributed by atoms with Crippen LogP contribution in [0.15, 0.2) is 11.4 Å². The van der Waals surface area contributed by atoms with Gasteiger partial charge in [0, 0.05) is 19.1 Å². The molecule has 1 rings (SSSR count). The Labute approximate surface area is 101 Å². The van der Waals surface area contributed by atoms with Crippen molar-refractivity contribution in [3.8, 4) is 0 Å². The molecule has 0 saturated carbocycles. The molecule has 0 aliphatic rings. The molecule has 1 unspecified atom stereocenters. The first-order chi connectivity index (χ1) is 7.13. The van der Waals surface area contributed by atoms with Crippen molar-refractivity contribution in [3.63, 3.8) is 0 Å². The second kappa shape index (κ2) is 6.48. The first-order valence-electron chi connectivity index (χ1n) is 5.29. The number of halogens is 1. The van der Waals surface area contributed by atoms with Gasteiger partial charge >= 0.3 is 0 Å². The molecule has 4 heteroatoms. The van der Waals surface area contributed by atoms with Crippen LogP contribution in [-0.4, -0.2) is 31.6 Å². The molecule has 0 radical (unpaired) electrons. The Morgan fingerprint density at radius 3 is 2.87 bits per heavy atom. The lowest BCUT2D eigenvalue weighted by Gasteiger charge is -2.17. The third kappa shape index (κ3) is 4.51. The molecule has 86 valence electrons. The van der Waals surface area contributed by atoms with E-state index in [0.717, 1.165) is 24.0 Å². The van der Waals surface area contributed by atoms with Gasteiger partial charge in [-0.15, -0.1) is 11.3 Å². The third-order valence-electron chi connectivity index (χ3n) is 2.57. The standard InChI is InChI=1S/C11H19ClN2S/c1-4-14(3)6-5-13-9(2)10-7-11(12)15-8-10/h7-9,13H,4-6H2,1-3H3. The summed E-state index contributed by atoms with van der Waals surface area (Å²) in [5.74, 6) is 0. The van der Waals surface area contributed by atoms with Crippen molar-refractivity contribution in [2.24, 2.45) is 0 Å². The van der Waals surface area contributed by atoms with E-state index >= 15 is 0 Å². The van der Waals surface area contributed by atoms with E-state index in [4.69, 9.17) is 11.6 Å². The lowest BCUT2D eigenvalue weighted by Crippen LogP contribution is -2.30. The van der Waals surface area contributed by atoms with Gasteiger partial charge < -0.3 is 10.2 Å². The maximum Gasteiger partial charge on any atom is 0.0931 e. The molecule has 1 atom stereocenters. The van der Waals surface area contributed by atoms with Gasteiger partial charge in [-0.1, -0.05) is 18.5 Å². The summed E-state index contributed by atoms with van der Waals surface area (Å²) in [6, 6.07) is 2.42. The molecule has 1 aromatic rings. The molecule has 2 nitrogen and oxygen atoms in total. The summed E-state index contributed by atoms with van der Waals surface area (Å²) in [4.78, 5) is 2.29. The minimum atomic E-state index is 0.388. The van der Waals surface area contributed by atoms with Crippen molar-refractivity contribution in [3.05, 3.63) is 21.3 Å². The van der Waals surface area contributed by atoms with Crippen molar-refractivity contribution in [1.29, 1.82) is 0 Å². The highest BCUT2D eigenvalue weighted by molar-refractivity contribution is 7.14. The highest BCUT2D eigenvalue weighted by Crippen LogP contribution is 2.24. The Morgan fingerprint density at radius 1 is 1.60 bits per heavy atom. The summed E-state index contributed by atoms with van der Waals surface area (Å²) < 4.78 is 0.865. The number of hydrogen-bond donors (Lipinski definition) is 1. The highest BCUT2D eigenvalue weighted by atomic mass is 35.5. The zero-order valence-electron chi connectivity index (χ0n) is 9.59. The van der Waals surface area contributed by atoms with E-state index in [1.165, 1.54) is 5.56 Å². The predicted molar refractivity (Wildman–Crippen MR) is 68.9 cm³/mol. The minimum absolute atomic E-state index is 0.388. The molecule has 15 heavy (non-hydrogen) atoms. The lowest BCUT2D eigenvalue weighted by atomic mass is 10.2. The van der Waals surface area contributed by atoms with Gasteiger partial charge in [-0.3, -0.25) is 0 Å². The van der Waals surface area contributed by atoms with Crippen molar-refractivity contribution < 1.29 is 0 Å². The first-order valence-corrected chi connectivity index (χ1v) is 6.55. The smallest absolute Gasteiger partial charge is 0.0931 e. The zero-order valence-corrected chi connectivity index (χ0v) is 11.2. The van der Waals surface area contributed by atoms with E-state index in [2.05, 4.69) is 36.5 Å². The number of nitrogens with zero attached hydrogens (tertiary/aromatic N) is 1. The second-order valence-corrected chi connectivity index (χ2v) is 5.30. The Balaban J connectivity index is 2.27. The average molecular weight is 247 g/mol. The fourth-order valence-electron chi connectivity index (χ4n) is 1.30. The number of rotatable bonds is 6. The van der Waals surface area contributed by atoms with Crippen molar-refractivity contribution >= 4 is 22.9 Å². The molecule has 0 aliphatic heterocycles. The molecular weight excluding hydrogens is 228 g/mol. The second-order valence-electron chi connectivity index (χ2n) is 3.76. The quantitative estimate of drug-likeness (QED) is 0.830. The largest absolute Gasteiger partial charge is 0.309 e. The molecule has 0 aliphatic carbocycles. The van der Waals surface area contributed by atoms with E-state index in [0.29, 0.717) is 6.04 Å². The summed E-state index contributed by atoms with van der Waals surface area (Å²) in [6.07, 6.45) is 0. The van der Waals surface area contributed by atoms with Crippen LogP contribution < -0.4 is 5.32 Å². The van der Waals surface area contributed by atoms with Gasteiger partial charge in [-0.2, -0.15) is 0 Å². The number of likely N-dealkylation sites (N-methyl/N-ethyl adjacent to an activating group) is 1. The monoisotopic (exact) mass is 246 g/mol. The van der Waals surface area contributed by atoms with E-state index < -0.39 is 0 Å². The van der Waals surface area contributed by atoms with E-state index in [-0.39, 0.29) is 0 Å². The molecule has 0 spiro atoms. The molecule has 1 aromatic heterocycles. The van der Waals surface area contributed by atoms with Crippen molar-refractivity contribution in [2.45, 2.75) is 19.9 Å². The summed E-state index contributed by atoms with van der Waals surface area (Å²) in [6.45, 7) is 7.53. The molecule has 0 bridgehead atoms. The van der Waals surface area contributed by atoms with Gasteiger partial charge in [0.1, 0.15) is 0 Å². The summed E-state index contributed by atoms with van der Waals surface area (Å²) in [5, 5.41) is 5.60. The summed E-state index contributed by atoms with van der Waals surface area (Å²) in [5.41, 5.74) is 1.28. The Kier molecular flexibility index (Phi) is 5.61. The SMILES string of the molecule is CCN(C)CCNC(C)c1csc(Cl)c1. The normalized spacial score (nSPS) is 13.4. The maximum atomic E-state index is 5.89. The van der Waals surface area contributed by atoms with E-state index in [1.54, 1.807) is 11.3 Å². The van der Waals surface area contributed by atoms with Gasteiger partial charge in [0.05, 0.1) is 4.34 Å². The molecule has 0 fully saturated rings. The van der Waals surface area contributed by atoms with Crippen LogP contribution in [-0.2, 0) is 0 Å². The molecule has 0 saturated heterocycles. The van der Waals surface area contributed by atoms with Gasteiger partial charge in [0.15, 0.2) is 0 Å². The first kappa shape index (κ1) is 13.0. The lowest BCUT2D eigenvalue weighted by molar-refractivity contribution is 0.342. The minimum Gasteiger partial charge on any atom is -0.309 e. The van der Waals surface area contributed by atoms with Crippen LogP contribution in [0.1, 0.15) is 25.5 Å². The molecule has 0 aromatic carbocycles. The van der Waals surface area contributed by atoms with Crippen molar-refractivity contribution in [1.82, 2.24) is 10.2 Å². The Bertz CT molecular complexity index is 288. The van der Waals surface area contributed by atoms with Crippen LogP contribution in [0.4, 0.5) is 0 Å². The number of nitrogens with one attached hydrogen (secondary N) is 1. The van der Waals surface area contributed by atoms with Crippen LogP contribution in [0.5, 0.6) is 0 Å². The fraction of sp³-hybridized carbons (Fsp3) is 0.636. The summed E-state index contributed by atoms with van der Waals surface area (Å²) in [7, 11) is 2.13. The summed E-state index contributed by atoms with van der Waals surface area (Å²) >= 11 is 7.49. The Morgan fingerprint density at radius 2 is 2.33 bits per heavy atom. The van der Waals surface area contributed by atoms with Gasteiger partial charge in [0.2, 0.25) is 0 Å².